The van der Waals surface area contributed by atoms with Gasteiger partial charge in [0.15, 0.2) is 0 Å². The van der Waals surface area contributed by atoms with Gasteiger partial charge >= 0.3 is 0 Å². The molecule has 2 aromatic carbocycles. The number of nitrogens with zero attached hydrogens (tertiary/aromatic N) is 3. The normalized spacial score (nSPS) is 10.3. The summed E-state index contributed by atoms with van der Waals surface area (Å²) in [5.41, 5.74) is 3.21. The zero-order valence-electron chi connectivity index (χ0n) is 16.4. The fraction of sp³-hybridized carbons (Fsp3) is 0.150. The van der Waals surface area contributed by atoms with Crippen molar-refractivity contribution < 1.29 is 24.1 Å². The van der Waals surface area contributed by atoms with Crippen LogP contribution in [0.5, 0.6) is 23.3 Å². The molecule has 0 aliphatic rings. The Morgan fingerprint density at radius 2 is 1.67 bits per heavy atom. The first-order valence-corrected chi connectivity index (χ1v) is 9.05. The van der Waals surface area contributed by atoms with Gasteiger partial charge in [-0.2, -0.15) is 15.0 Å². The van der Waals surface area contributed by atoms with Crippen LogP contribution in [0.25, 0.3) is 0 Å². The van der Waals surface area contributed by atoms with Gasteiger partial charge in [0.1, 0.15) is 17.1 Å². The molecule has 0 aliphatic carbocycles. The number of phenolic OH excluding ortho intramolecular Hbond substituents is 1. The fourth-order valence-corrected chi connectivity index (χ4v) is 2.76. The molecule has 30 heavy (non-hydrogen) atoms. The van der Waals surface area contributed by atoms with Crippen LogP contribution in [-0.4, -0.2) is 42.3 Å². The Hall–Kier alpha value is -3.72. The number of hydrazine groups is 1. The van der Waals surface area contributed by atoms with Gasteiger partial charge < -0.3 is 19.3 Å². The van der Waals surface area contributed by atoms with E-state index in [1.807, 2.05) is 0 Å². The molecule has 0 aliphatic heterocycles. The van der Waals surface area contributed by atoms with Crippen molar-refractivity contribution in [1.29, 1.82) is 0 Å². The highest BCUT2D eigenvalue weighted by atomic mass is 35.5. The lowest BCUT2D eigenvalue weighted by atomic mass is 10.1. The first-order valence-electron chi connectivity index (χ1n) is 8.67. The third-order valence-electron chi connectivity index (χ3n) is 4.03. The molecular formula is C20H19ClN4O5. The van der Waals surface area contributed by atoms with Crippen LogP contribution in [-0.2, 0) is 0 Å². The van der Waals surface area contributed by atoms with Gasteiger partial charge in [-0.3, -0.25) is 10.2 Å². The van der Waals surface area contributed by atoms with Crippen LogP contribution in [0.3, 0.4) is 0 Å². The molecule has 1 amide bonds. The average molecular weight is 431 g/mol. The molecular weight excluding hydrogens is 412 g/mol. The second-order valence-corrected chi connectivity index (χ2v) is 6.25. The summed E-state index contributed by atoms with van der Waals surface area (Å²) < 4.78 is 15.6. The van der Waals surface area contributed by atoms with Gasteiger partial charge in [-0.05, 0) is 24.3 Å². The zero-order valence-corrected chi connectivity index (χ0v) is 17.2. The van der Waals surface area contributed by atoms with Crippen LogP contribution >= 0.6 is 11.6 Å². The number of hydrogen-bond donors (Lipinski definition) is 2. The van der Waals surface area contributed by atoms with Gasteiger partial charge in [0, 0.05) is 0 Å². The summed E-state index contributed by atoms with van der Waals surface area (Å²) in [4.78, 5) is 21.9. The summed E-state index contributed by atoms with van der Waals surface area (Å²) in [5.74, 6) is -0.567. The number of carbonyl (C=O) groups is 1. The lowest BCUT2D eigenvalue weighted by Gasteiger charge is -2.24. The van der Waals surface area contributed by atoms with Gasteiger partial charge in [-0.25, -0.2) is 0 Å². The number of anilines is 2. The Labute approximate surface area is 177 Å². The SMILES string of the molecule is COc1cc(OC)nc(N(Nc2ccccc2Cl)C(=O)c2c(O)cccc2OC)n1. The molecule has 9 nitrogen and oxygen atoms in total. The molecule has 0 spiro atoms. The van der Waals surface area contributed by atoms with Crippen molar-refractivity contribution in [2.45, 2.75) is 0 Å². The molecule has 1 aromatic heterocycles. The van der Waals surface area contributed by atoms with Crippen LogP contribution < -0.4 is 24.6 Å². The Balaban J connectivity index is 2.16. The maximum Gasteiger partial charge on any atom is 0.287 e. The molecule has 0 unspecified atom stereocenters. The van der Waals surface area contributed by atoms with Gasteiger partial charge in [-0.1, -0.05) is 29.8 Å². The summed E-state index contributed by atoms with van der Waals surface area (Å²) in [6, 6.07) is 12.7. The number of amides is 1. The standard InChI is InChI=1S/C20H19ClN4O5/c1-28-15-10-6-9-14(26)18(15)19(27)25(24-13-8-5-4-7-12(13)21)20-22-16(29-2)11-17(23-20)30-3/h4-11,24,26H,1-3H3. The van der Waals surface area contributed by atoms with E-state index < -0.39 is 5.91 Å². The molecule has 3 rings (SSSR count). The Morgan fingerprint density at radius 3 is 2.27 bits per heavy atom. The first-order chi connectivity index (χ1) is 14.5. The minimum atomic E-state index is -0.694. The number of hydrogen-bond acceptors (Lipinski definition) is 8. The number of rotatable bonds is 7. The summed E-state index contributed by atoms with van der Waals surface area (Å²) in [7, 11) is 4.24. The number of nitrogens with one attached hydrogen (secondary N) is 1. The van der Waals surface area contributed by atoms with E-state index in [9.17, 15) is 9.90 Å². The van der Waals surface area contributed by atoms with Crippen LogP contribution in [0.4, 0.5) is 11.6 Å². The van der Waals surface area contributed by atoms with E-state index in [0.717, 1.165) is 5.01 Å². The van der Waals surface area contributed by atoms with Crippen LogP contribution in [0.1, 0.15) is 10.4 Å². The lowest BCUT2D eigenvalue weighted by molar-refractivity contribution is 0.0985. The van der Waals surface area contributed by atoms with E-state index in [1.54, 1.807) is 36.4 Å². The number of ether oxygens (including phenoxy) is 3. The molecule has 0 bridgehead atoms. The molecule has 10 heteroatoms. The lowest BCUT2D eigenvalue weighted by Crippen LogP contribution is -2.38. The zero-order chi connectivity index (χ0) is 21.7. The highest BCUT2D eigenvalue weighted by Crippen LogP contribution is 2.32. The molecule has 1 heterocycles. The first kappa shape index (κ1) is 21.0. The predicted octanol–water partition coefficient (Wildman–Crippen LogP) is 3.54. The molecule has 0 saturated carbocycles. The number of para-hydroxylation sites is 1. The number of phenols is 1. The largest absolute Gasteiger partial charge is 0.507 e. The third-order valence-corrected chi connectivity index (χ3v) is 4.36. The highest BCUT2D eigenvalue weighted by molar-refractivity contribution is 6.33. The Bertz CT molecular complexity index is 1040. The van der Waals surface area contributed by atoms with E-state index in [-0.39, 0.29) is 34.8 Å². The predicted molar refractivity (Wildman–Crippen MR) is 112 cm³/mol. The minimum absolute atomic E-state index is 0.0926. The fourth-order valence-electron chi connectivity index (χ4n) is 2.58. The number of carbonyl (C=O) groups excluding carboxylic acids is 1. The number of methoxy groups -OCH3 is 3. The van der Waals surface area contributed by atoms with Gasteiger partial charge in [-0.15, -0.1) is 0 Å². The van der Waals surface area contributed by atoms with Crippen molar-refractivity contribution in [1.82, 2.24) is 9.97 Å². The van der Waals surface area contributed by atoms with E-state index in [4.69, 9.17) is 25.8 Å². The maximum atomic E-state index is 13.5. The maximum absolute atomic E-state index is 13.5. The van der Waals surface area contributed by atoms with Crippen LogP contribution in [0.2, 0.25) is 5.02 Å². The number of aromatic hydroxyl groups is 1. The van der Waals surface area contributed by atoms with Crippen molar-refractivity contribution >= 4 is 29.1 Å². The van der Waals surface area contributed by atoms with E-state index in [1.165, 1.54) is 33.5 Å². The highest BCUT2D eigenvalue weighted by Gasteiger charge is 2.28. The molecule has 156 valence electrons. The second-order valence-electron chi connectivity index (χ2n) is 5.84. The number of aromatic nitrogens is 2. The quantitative estimate of drug-likeness (QED) is 0.548. The van der Waals surface area contributed by atoms with E-state index in [2.05, 4.69) is 15.4 Å². The van der Waals surface area contributed by atoms with Crippen LogP contribution in [0, 0.1) is 0 Å². The number of benzene rings is 2. The van der Waals surface area contributed by atoms with Crippen molar-refractivity contribution in [3.05, 3.63) is 59.1 Å². The third kappa shape index (κ3) is 4.31. The molecule has 0 fully saturated rings. The molecule has 2 N–H and O–H groups in total. The Kier molecular flexibility index (Phi) is 6.43. The summed E-state index contributed by atoms with van der Waals surface area (Å²) in [6.07, 6.45) is 0. The van der Waals surface area contributed by atoms with Crippen molar-refractivity contribution in [2.24, 2.45) is 0 Å². The van der Waals surface area contributed by atoms with E-state index >= 15 is 0 Å². The molecule has 0 atom stereocenters. The average Bonchev–Trinajstić information content (AvgIpc) is 2.77. The summed E-state index contributed by atoms with van der Waals surface area (Å²) >= 11 is 6.25. The van der Waals surface area contributed by atoms with Crippen LogP contribution in [0.15, 0.2) is 48.5 Å². The van der Waals surface area contributed by atoms with Crippen molar-refractivity contribution in [3.63, 3.8) is 0 Å². The monoisotopic (exact) mass is 430 g/mol. The topological polar surface area (TPSA) is 106 Å². The number of halogens is 1. The van der Waals surface area contributed by atoms with Gasteiger partial charge in [0.2, 0.25) is 11.8 Å². The van der Waals surface area contributed by atoms with E-state index in [0.29, 0.717) is 10.7 Å². The molecule has 3 aromatic rings. The smallest absolute Gasteiger partial charge is 0.287 e. The van der Waals surface area contributed by atoms with Gasteiger partial charge in [0.05, 0.1) is 38.1 Å². The molecule has 0 saturated heterocycles. The van der Waals surface area contributed by atoms with Gasteiger partial charge in [0.25, 0.3) is 11.9 Å². The summed E-state index contributed by atoms with van der Waals surface area (Å²) in [5, 5.41) is 11.7. The van der Waals surface area contributed by atoms with Crippen molar-refractivity contribution in [2.75, 3.05) is 31.8 Å². The summed E-state index contributed by atoms with van der Waals surface area (Å²) in [6.45, 7) is 0. The second kappa shape index (κ2) is 9.19. The Morgan fingerprint density at radius 1 is 1.00 bits per heavy atom. The van der Waals surface area contributed by atoms with Crippen molar-refractivity contribution in [3.8, 4) is 23.3 Å². The minimum Gasteiger partial charge on any atom is -0.507 e. The molecule has 0 radical (unpaired) electrons.